The van der Waals surface area contributed by atoms with E-state index in [1.54, 1.807) is 50.4 Å². The first kappa shape index (κ1) is 15.7. The molecular formula is C16H16O6. The van der Waals surface area contributed by atoms with E-state index >= 15 is 0 Å². The lowest BCUT2D eigenvalue weighted by Gasteiger charge is -2.15. The lowest BCUT2D eigenvalue weighted by Crippen LogP contribution is -2.19. The van der Waals surface area contributed by atoms with Crippen molar-refractivity contribution in [2.45, 2.75) is 13.2 Å². The molecule has 0 bridgehead atoms. The number of carboxylic acid groups (broad SMARTS) is 1. The van der Waals surface area contributed by atoms with Crippen LogP contribution < -0.4 is 14.4 Å². The van der Waals surface area contributed by atoms with E-state index in [4.69, 9.17) is 24.4 Å². The highest BCUT2D eigenvalue weighted by atomic mass is 17.2. The van der Waals surface area contributed by atoms with Crippen molar-refractivity contribution in [1.82, 2.24) is 0 Å². The predicted octanol–water partition coefficient (Wildman–Crippen LogP) is 3.13. The van der Waals surface area contributed by atoms with Crippen LogP contribution >= 0.6 is 0 Å². The molecule has 1 unspecified atom stereocenters. The second-order valence-electron chi connectivity index (χ2n) is 4.34. The molecule has 0 heterocycles. The summed E-state index contributed by atoms with van der Waals surface area (Å²) in [6.07, 6.45) is -0.727. The molecule has 1 N–H and O–H groups in total. The van der Waals surface area contributed by atoms with Gasteiger partial charge in [0.05, 0.1) is 7.11 Å². The second kappa shape index (κ2) is 7.33. The molecular weight excluding hydrogens is 288 g/mol. The van der Waals surface area contributed by atoms with Gasteiger partial charge in [0.1, 0.15) is 17.1 Å². The Morgan fingerprint density at radius 3 is 2.32 bits per heavy atom. The van der Waals surface area contributed by atoms with E-state index in [0.29, 0.717) is 11.5 Å². The van der Waals surface area contributed by atoms with Crippen molar-refractivity contribution in [3.63, 3.8) is 0 Å². The summed E-state index contributed by atoms with van der Waals surface area (Å²) >= 11 is 0. The zero-order valence-corrected chi connectivity index (χ0v) is 12.2. The van der Waals surface area contributed by atoms with Crippen LogP contribution in [0.4, 0.5) is 0 Å². The van der Waals surface area contributed by atoms with Gasteiger partial charge in [0.25, 0.3) is 0 Å². The van der Waals surface area contributed by atoms with E-state index in [-0.39, 0.29) is 11.3 Å². The topological polar surface area (TPSA) is 74.2 Å². The van der Waals surface area contributed by atoms with Crippen LogP contribution in [0, 0.1) is 0 Å². The maximum absolute atomic E-state index is 11.0. The molecule has 2 aromatic carbocycles. The molecule has 0 radical (unpaired) electrons. The number of para-hydroxylation sites is 1. The van der Waals surface area contributed by atoms with Gasteiger partial charge in [0, 0.05) is 6.92 Å². The summed E-state index contributed by atoms with van der Waals surface area (Å²) in [7, 11) is 1.58. The van der Waals surface area contributed by atoms with Gasteiger partial charge in [-0.25, -0.2) is 4.79 Å². The number of carboxylic acids is 1. The Hall–Kier alpha value is -2.73. The molecule has 0 aliphatic heterocycles. The minimum absolute atomic E-state index is 0.0131. The predicted molar refractivity (Wildman–Crippen MR) is 78.2 cm³/mol. The zero-order valence-electron chi connectivity index (χ0n) is 12.2. The highest BCUT2D eigenvalue weighted by Gasteiger charge is 2.13. The lowest BCUT2D eigenvalue weighted by molar-refractivity contribution is -0.289. The molecule has 0 aliphatic carbocycles. The van der Waals surface area contributed by atoms with Crippen LogP contribution in [0.3, 0.4) is 0 Å². The Balaban J connectivity index is 1.92. The van der Waals surface area contributed by atoms with Crippen molar-refractivity contribution >= 4 is 5.97 Å². The summed E-state index contributed by atoms with van der Waals surface area (Å²) in [5.74, 6) is 0.305. The third-order valence-electron chi connectivity index (χ3n) is 2.75. The third-order valence-corrected chi connectivity index (χ3v) is 2.75. The van der Waals surface area contributed by atoms with Gasteiger partial charge in [-0.1, -0.05) is 12.1 Å². The number of carbonyl (C=O) groups is 1. The first-order valence-electron chi connectivity index (χ1n) is 6.56. The fourth-order valence-electron chi connectivity index (χ4n) is 1.70. The second-order valence-corrected chi connectivity index (χ2v) is 4.34. The maximum atomic E-state index is 11.0. The molecule has 0 saturated carbocycles. The Labute approximate surface area is 127 Å². The van der Waals surface area contributed by atoms with Crippen LogP contribution in [0.25, 0.3) is 0 Å². The maximum Gasteiger partial charge on any atom is 0.339 e. The van der Waals surface area contributed by atoms with Gasteiger partial charge in [-0.2, -0.15) is 0 Å². The molecule has 2 aromatic rings. The monoisotopic (exact) mass is 304 g/mol. The molecule has 0 aliphatic rings. The molecule has 0 aromatic heterocycles. The van der Waals surface area contributed by atoms with Crippen LogP contribution in [0.15, 0.2) is 48.5 Å². The Morgan fingerprint density at radius 1 is 1.05 bits per heavy atom. The highest BCUT2D eigenvalue weighted by Crippen LogP contribution is 2.21. The minimum atomic E-state index is -1.09. The molecule has 0 amide bonds. The Kier molecular flexibility index (Phi) is 5.21. The number of aromatic carboxylic acids is 1. The zero-order chi connectivity index (χ0) is 15.9. The lowest BCUT2D eigenvalue weighted by atomic mass is 10.2. The summed E-state index contributed by atoms with van der Waals surface area (Å²) in [6, 6.07) is 13.1. The third kappa shape index (κ3) is 4.13. The van der Waals surface area contributed by atoms with Crippen molar-refractivity contribution in [3.05, 3.63) is 54.1 Å². The summed E-state index contributed by atoms with van der Waals surface area (Å²) in [5.41, 5.74) is 0.0131. The van der Waals surface area contributed by atoms with Gasteiger partial charge in [0.2, 0.25) is 6.29 Å². The van der Waals surface area contributed by atoms with Crippen molar-refractivity contribution in [2.24, 2.45) is 0 Å². The fourth-order valence-corrected chi connectivity index (χ4v) is 1.70. The summed E-state index contributed by atoms with van der Waals surface area (Å²) < 4.78 is 10.5. The van der Waals surface area contributed by atoms with Crippen molar-refractivity contribution in [3.8, 4) is 17.2 Å². The Bertz CT molecular complexity index is 623. The smallest absolute Gasteiger partial charge is 0.339 e. The standard InChI is InChI=1S/C16H16O6/c1-11(20-13-9-7-12(19-2)8-10-13)21-22-15-6-4-3-5-14(15)16(17)18/h3-11H,1-2H3,(H,17,18). The average Bonchev–Trinajstić information content (AvgIpc) is 2.54. The Morgan fingerprint density at radius 2 is 1.68 bits per heavy atom. The average molecular weight is 304 g/mol. The number of rotatable bonds is 7. The van der Waals surface area contributed by atoms with Crippen LogP contribution in [-0.2, 0) is 4.89 Å². The van der Waals surface area contributed by atoms with Gasteiger partial charge in [0.15, 0.2) is 5.75 Å². The molecule has 0 fully saturated rings. The summed E-state index contributed by atoms with van der Waals surface area (Å²) in [5, 5.41) is 9.04. The van der Waals surface area contributed by atoms with Crippen LogP contribution in [-0.4, -0.2) is 24.5 Å². The van der Waals surface area contributed by atoms with Crippen molar-refractivity contribution < 1.29 is 29.1 Å². The number of hydrogen-bond acceptors (Lipinski definition) is 5. The van der Waals surface area contributed by atoms with E-state index in [1.807, 2.05) is 0 Å². The largest absolute Gasteiger partial charge is 0.497 e. The first-order chi connectivity index (χ1) is 10.6. The number of hydrogen-bond donors (Lipinski definition) is 1. The van der Waals surface area contributed by atoms with Crippen LogP contribution in [0.2, 0.25) is 0 Å². The van der Waals surface area contributed by atoms with E-state index < -0.39 is 12.3 Å². The van der Waals surface area contributed by atoms with Crippen molar-refractivity contribution in [1.29, 1.82) is 0 Å². The van der Waals surface area contributed by atoms with Crippen LogP contribution in [0.5, 0.6) is 17.2 Å². The van der Waals surface area contributed by atoms with Gasteiger partial charge in [-0.15, -0.1) is 4.89 Å². The molecule has 1 atom stereocenters. The van der Waals surface area contributed by atoms with E-state index in [0.717, 1.165) is 0 Å². The van der Waals surface area contributed by atoms with Crippen LogP contribution in [0.1, 0.15) is 17.3 Å². The number of methoxy groups -OCH3 is 1. The quantitative estimate of drug-likeness (QED) is 0.481. The summed E-state index contributed by atoms with van der Waals surface area (Å²) in [4.78, 5) is 21.1. The first-order valence-corrected chi connectivity index (χ1v) is 6.56. The summed E-state index contributed by atoms with van der Waals surface area (Å²) in [6.45, 7) is 1.63. The molecule has 0 saturated heterocycles. The van der Waals surface area contributed by atoms with E-state index in [2.05, 4.69) is 0 Å². The normalized spacial score (nSPS) is 11.5. The molecule has 22 heavy (non-hydrogen) atoms. The highest BCUT2D eigenvalue weighted by molar-refractivity contribution is 5.90. The number of ether oxygens (including phenoxy) is 2. The van der Waals surface area contributed by atoms with Gasteiger partial charge in [-0.3, -0.25) is 0 Å². The van der Waals surface area contributed by atoms with Gasteiger partial charge in [-0.05, 0) is 36.4 Å². The molecule has 0 spiro atoms. The molecule has 6 heteroatoms. The molecule has 6 nitrogen and oxygen atoms in total. The minimum Gasteiger partial charge on any atom is -0.497 e. The van der Waals surface area contributed by atoms with E-state index in [1.165, 1.54) is 12.1 Å². The van der Waals surface area contributed by atoms with Crippen molar-refractivity contribution in [2.75, 3.05) is 7.11 Å². The van der Waals surface area contributed by atoms with E-state index in [9.17, 15) is 4.79 Å². The SMILES string of the molecule is COc1ccc(OC(C)OOc2ccccc2C(=O)O)cc1. The van der Waals surface area contributed by atoms with Gasteiger partial charge >= 0.3 is 5.97 Å². The molecule has 2 rings (SSSR count). The van der Waals surface area contributed by atoms with Gasteiger partial charge < -0.3 is 19.5 Å². The number of benzene rings is 2. The molecule has 116 valence electrons. The fraction of sp³-hybridized carbons (Fsp3) is 0.188.